The van der Waals surface area contributed by atoms with Gasteiger partial charge in [0.1, 0.15) is 19.3 Å². The van der Waals surface area contributed by atoms with Gasteiger partial charge < -0.3 is 33.8 Å². The van der Waals surface area contributed by atoms with Crippen molar-refractivity contribution in [2.45, 2.75) is 433 Å². The zero-order chi connectivity index (χ0) is 73.8. The van der Waals surface area contributed by atoms with Crippen molar-refractivity contribution in [2.24, 2.45) is 23.7 Å². The number of rotatable bonds is 78. The Morgan fingerprint density at radius 3 is 0.710 bits per heavy atom. The number of hydrogen-bond donors (Lipinski definition) is 3. The summed E-state index contributed by atoms with van der Waals surface area (Å²) >= 11 is 0. The van der Waals surface area contributed by atoms with E-state index in [0.717, 1.165) is 114 Å². The molecule has 0 aliphatic heterocycles. The molecule has 6 atom stereocenters. The number of ether oxygens (including phenoxy) is 4. The first-order chi connectivity index (χ1) is 48.1. The van der Waals surface area contributed by atoms with E-state index in [2.05, 4.69) is 55.4 Å². The quantitative estimate of drug-likeness (QED) is 0.0222. The lowest BCUT2D eigenvalue weighted by Crippen LogP contribution is -2.30. The Balaban J connectivity index is 5.23. The Morgan fingerprint density at radius 2 is 0.480 bits per heavy atom. The van der Waals surface area contributed by atoms with Crippen molar-refractivity contribution in [1.82, 2.24) is 0 Å². The van der Waals surface area contributed by atoms with Gasteiger partial charge in [-0.1, -0.05) is 364 Å². The number of hydrogen-bond acceptors (Lipinski definition) is 15. The lowest BCUT2D eigenvalue weighted by molar-refractivity contribution is -0.161. The van der Waals surface area contributed by atoms with E-state index in [-0.39, 0.29) is 25.7 Å². The average Bonchev–Trinajstić information content (AvgIpc) is 0.913. The van der Waals surface area contributed by atoms with Crippen molar-refractivity contribution in [3.8, 4) is 0 Å². The van der Waals surface area contributed by atoms with E-state index in [9.17, 15) is 43.2 Å². The van der Waals surface area contributed by atoms with E-state index >= 15 is 0 Å². The van der Waals surface area contributed by atoms with Crippen molar-refractivity contribution in [2.75, 3.05) is 39.6 Å². The SMILES string of the molecule is CCC(C)CCCCCCCCCCCCCCCCC(=O)O[C@H](COC(=O)CCCCCCCCCC(C)C)COP(=O)(O)OCC(O)COP(=O)(O)OC[C@@H](COC(=O)CCCCCCCCCCCCC(C)C)OC(=O)CCCCCCCCCCCCCCCCCCC(C)C. The molecule has 0 aliphatic rings. The van der Waals surface area contributed by atoms with Gasteiger partial charge in [0.15, 0.2) is 12.2 Å². The lowest BCUT2D eigenvalue weighted by atomic mass is 9.99. The maximum Gasteiger partial charge on any atom is 0.472 e. The Hall–Kier alpha value is -1.94. The summed E-state index contributed by atoms with van der Waals surface area (Å²) in [4.78, 5) is 73.0. The van der Waals surface area contributed by atoms with Gasteiger partial charge in [-0.3, -0.25) is 37.3 Å². The molecular formula is C81H158O17P2. The van der Waals surface area contributed by atoms with Crippen LogP contribution in [0.25, 0.3) is 0 Å². The zero-order valence-corrected chi connectivity index (χ0v) is 67.6. The van der Waals surface area contributed by atoms with Crippen LogP contribution in [0, 0.1) is 23.7 Å². The number of aliphatic hydroxyl groups excluding tert-OH is 1. The third kappa shape index (κ3) is 73.0. The first-order valence-corrected chi connectivity index (χ1v) is 44.7. The second kappa shape index (κ2) is 70.1. The van der Waals surface area contributed by atoms with Crippen LogP contribution < -0.4 is 0 Å². The third-order valence-electron chi connectivity index (χ3n) is 19.2. The van der Waals surface area contributed by atoms with Crippen LogP contribution in [0.4, 0.5) is 0 Å². The Morgan fingerprint density at radius 1 is 0.280 bits per heavy atom. The summed E-state index contributed by atoms with van der Waals surface area (Å²) in [5.41, 5.74) is 0. The summed E-state index contributed by atoms with van der Waals surface area (Å²) in [6, 6.07) is 0. The molecule has 0 aromatic heterocycles. The molecule has 19 heteroatoms. The van der Waals surface area contributed by atoms with Crippen LogP contribution in [0.15, 0.2) is 0 Å². The van der Waals surface area contributed by atoms with Crippen molar-refractivity contribution < 1.29 is 80.2 Å². The molecule has 0 aromatic rings. The molecule has 0 rings (SSSR count). The second-order valence-electron chi connectivity index (χ2n) is 30.8. The van der Waals surface area contributed by atoms with E-state index in [4.69, 9.17) is 37.0 Å². The molecule has 0 spiro atoms. The summed E-state index contributed by atoms with van der Waals surface area (Å²) in [5, 5.41) is 10.6. The maximum absolute atomic E-state index is 13.1. The second-order valence-corrected chi connectivity index (χ2v) is 33.7. The Labute approximate surface area is 613 Å². The standard InChI is InChI=1S/C81H158O17P2/c1-9-74(8)60-52-44-36-28-21-17-14-15-19-23-31-39-48-56-64-81(86)98-77(68-92-79(84)62-54-46-40-32-35-43-51-59-73(6)7)70-96-100(89,90)94-66-75(82)65-93-99(87,88)95-69-76(67-91-78(83)61-53-45-37-29-25-24-27-34-42-50-58-72(4)5)97-80(85)63-55-47-38-30-22-18-13-11-10-12-16-20-26-33-41-49-57-71(2)3/h71-77,82H,9-70H2,1-8H3,(H,87,88)(H,89,90)/t74?,75?,76-,77-/m1/s1. The van der Waals surface area contributed by atoms with Crippen molar-refractivity contribution in [3.05, 3.63) is 0 Å². The van der Waals surface area contributed by atoms with Crippen LogP contribution in [0.3, 0.4) is 0 Å². The summed E-state index contributed by atoms with van der Waals surface area (Å²) < 4.78 is 68.7. The molecule has 0 amide bonds. The number of esters is 4. The van der Waals surface area contributed by atoms with E-state index in [1.165, 1.54) is 212 Å². The first-order valence-electron chi connectivity index (χ1n) is 41.7. The molecule has 594 valence electrons. The monoisotopic (exact) mass is 1470 g/mol. The molecular weight excluding hydrogens is 1310 g/mol. The third-order valence-corrected chi connectivity index (χ3v) is 21.1. The van der Waals surface area contributed by atoms with Gasteiger partial charge in [0, 0.05) is 25.7 Å². The van der Waals surface area contributed by atoms with Crippen LogP contribution in [0.2, 0.25) is 0 Å². The molecule has 0 saturated carbocycles. The van der Waals surface area contributed by atoms with Gasteiger partial charge in [-0.25, -0.2) is 9.13 Å². The van der Waals surface area contributed by atoms with E-state index in [0.29, 0.717) is 31.6 Å². The zero-order valence-electron chi connectivity index (χ0n) is 65.8. The van der Waals surface area contributed by atoms with Gasteiger partial charge in [-0.15, -0.1) is 0 Å². The number of carbonyl (C=O) groups excluding carboxylic acids is 4. The summed E-state index contributed by atoms with van der Waals surface area (Å²) in [7, 11) is -9.92. The van der Waals surface area contributed by atoms with Gasteiger partial charge in [0.25, 0.3) is 0 Å². The van der Waals surface area contributed by atoms with Crippen LogP contribution in [-0.4, -0.2) is 96.7 Å². The van der Waals surface area contributed by atoms with Gasteiger partial charge in [-0.05, 0) is 49.4 Å². The van der Waals surface area contributed by atoms with E-state index in [1.54, 1.807) is 0 Å². The summed E-state index contributed by atoms with van der Waals surface area (Å²) in [6.07, 6.45) is 56.9. The normalized spacial score (nSPS) is 14.3. The van der Waals surface area contributed by atoms with Gasteiger partial charge in [0.05, 0.1) is 26.4 Å². The highest BCUT2D eigenvalue weighted by Gasteiger charge is 2.30. The molecule has 0 heterocycles. The van der Waals surface area contributed by atoms with Crippen LogP contribution in [0.5, 0.6) is 0 Å². The Kier molecular flexibility index (Phi) is 68.7. The largest absolute Gasteiger partial charge is 0.472 e. The molecule has 100 heavy (non-hydrogen) atoms. The molecule has 0 fully saturated rings. The lowest BCUT2D eigenvalue weighted by Gasteiger charge is -2.21. The minimum atomic E-state index is -4.96. The summed E-state index contributed by atoms with van der Waals surface area (Å²) in [5.74, 6) is 1.00. The van der Waals surface area contributed by atoms with Crippen molar-refractivity contribution in [3.63, 3.8) is 0 Å². The fourth-order valence-corrected chi connectivity index (χ4v) is 14.0. The topological polar surface area (TPSA) is 237 Å². The highest BCUT2D eigenvalue weighted by molar-refractivity contribution is 7.47. The molecule has 0 bridgehead atoms. The highest BCUT2D eigenvalue weighted by atomic mass is 31.2. The van der Waals surface area contributed by atoms with Crippen LogP contribution in [-0.2, 0) is 65.4 Å². The maximum atomic E-state index is 13.1. The molecule has 3 N–H and O–H groups in total. The molecule has 0 saturated heterocycles. The predicted octanol–water partition coefficient (Wildman–Crippen LogP) is 24.0. The Bertz CT molecular complexity index is 1960. The predicted molar refractivity (Wildman–Crippen MR) is 409 cm³/mol. The smallest absolute Gasteiger partial charge is 0.462 e. The number of phosphoric acid groups is 2. The molecule has 17 nitrogen and oxygen atoms in total. The van der Waals surface area contributed by atoms with Crippen LogP contribution >= 0.6 is 15.6 Å². The fourth-order valence-electron chi connectivity index (χ4n) is 12.4. The fraction of sp³-hybridized carbons (Fsp3) is 0.951. The highest BCUT2D eigenvalue weighted by Crippen LogP contribution is 2.45. The van der Waals surface area contributed by atoms with Crippen LogP contribution in [0.1, 0.15) is 415 Å². The van der Waals surface area contributed by atoms with E-state index < -0.39 is 97.5 Å². The van der Waals surface area contributed by atoms with Gasteiger partial charge in [0.2, 0.25) is 0 Å². The number of phosphoric ester groups is 2. The van der Waals surface area contributed by atoms with Crippen molar-refractivity contribution >= 4 is 39.5 Å². The minimum absolute atomic E-state index is 0.107. The minimum Gasteiger partial charge on any atom is -0.462 e. The summed E-state index contributed by atoms with van der Waals surface area (Å²) in [6.45, 7) is 14.3. The number of carbonyl (C=O) groups is 4. The van der Waals surface area contributed by atoms with Gasteiger partial charge >= 0.3 is 39.5 Å². The number of aliphatic hydroxyl groups is 1. The molecule has 0 aliphatic carbocycles. The first kappa shape index (κ1) is 98.1. The molecule has 0 radical (unpaired) electrons. The molecule has 0 aromatic carbocycles. The average molecular weight is 1470 g/mol. The van der Waals surface area contributed by atoms with E-state index in [1.807, 2.05) is 0 Å². The molecule has 4 unspecified atom stereocenters. The van der Waals surface area contributed by atoms with Crippen molar-refractivity contribution in [1.29, 1.82) is 0 Å². The van der Waals surface area contributed by atoms with Gasteiger partial charge in [-0.2, -0.15) is 0 Å². The number of unbranched alkanes of at least 4 members (excludes halogenated alkanes) is 43.